The molecule has 0 amide bonds. The van der Waals surface area contributed by atoms with Gasteiger partial charge in [0.1, 0.15) is 16.9 Å². The molecule has 2 N–H and O–H groups in total. The number of carboxylic acid groups (broad SMARTS) is 1. The normalized spacial score (nSPS) is 11.6. The molecule has 0 aromatic carbocycles. The van der Waals surface area contributed by atoms with Crippen LogP contribution in [-0.2, 0) is 4.79 Å². The molecule has 1 atom stereocenters. The third kappa shape index (κ3) is 3.93. The van der Waals surface area contributed by atoms with Gasteiger partial charge in [-0.05, 0) is 19.4 Å². The zero-order chi connectivity index (χ0) is 12.8. The van der Waals surface area contributed by atoms with Gasteiger partial charge in [0.25, 0.3) is 0 Å². The second-order valence-electron chi connectivity index (χ2n) is 3.61. The summed E-state index contributed by atoms with van der Waals surface area (Å²) in [6, 6.07) is 3.40. The minimum Gasteiger partial charge on any atom is -0.481 e. The monoisotopic (exact) mass is 253 g/mol. The number of hydrogen-bond acceptors (Lipinski definition) is 4. The van der Waals surface area contributed by atoms with Crippen LogP contribution in [0.25, 0.3) is 0 Å². The van der Waals surface area contributed by atoms with E-state index in [0.29, 0.717) is 17.8 Å². The molecule has 0 fully saturated rings. The molecule has 0 aliphatic rings. The van der Waals surface area contributed by atoms with Gasteiger partial charge in [-0.3, -0.25) is 4.79 Å². The second-order valence-corrected chi connectivity index (χ2v) is 3.99. The van der Waals surface area contributed by atoms with Gasteiger partial charge >= 0.3 is 5.97 Å². The van der Waals surface area contributed by atoms with Gasteiger partial charge in [0.15, 0.2) is 0 Å². The second kappa shape index (κ2) is 6.06. The van der Waals surface area contributed by atoms with Crippen LogP contribution < -0.4 is 5.32 Å². The molecule has 0 aliphatic carbocycles. The number of aliphatic carboxylic acids is 1. The molecule has 90 valence electrons. The number of aromatic nitrogens is 1. The Morgan fingerprint density at radius 3 is 3.06 bits per heavy atom. The van der Waals surface area contributed by atoms with Gasteiger partial charge in [-0.1, -0.05) is 11.6 Å². The number of pyridine rings is 1. The molecule has 1 rings (SSSR count). The van der Waals surface area contributed by atoms with Gasteiger partial charge in [-0.15, -0.1) is 0 Å². The van der Waals surface area contributed by atoms with Gasteiger partial charge in [0.05, 0.1) is 5.56 Å². The minimum atomic E-state index is -0.844. The summed E-state index contributed by atoms with van der Waals surface area (Å²) in [6.45, 7) is 1.83. The van der Waals surface area contributed by atoms with E-state index in [9.17, 15) is 4.79 Å². The number of anilines is 1. The van der Waals surface area contributed by atoms with Crippen molar-refractivity contribution in [2.24, 2.45) is 0 Å². The Morgan fingerprint density at radius 2 is 2.47 bits per heavy atom. The van der Waals surface area contributed by atoms with E-state index in [1.165, 1.54) is 12.3 Å². The Balaban J connectivity index is 2.69. The maximum Gasteiger partial charge on any atom is 0.303 e. The summed E-state index contributed by atoms with van der Waals surface area (Å²) in [4.78, 5) is 14.4. The van der Waals surface area contributed by atoms with Gasteiger partial charge < -0.3 is 10.4 Å². The Labute approximate surface area is 104 Å². The van der Waals surface area contributed by atoms with Crippen molar-refractivity contribution in [3.05, 3.63) is 22.8 Å². The highest BCUT2D eigenvalue weighted by molar-refractivity contribution is 6.34. The van der Waals surface area contributed by atoms with Crippen LogP contribution in [0.3, 0.4) is 0 Å². The summed E-state index contributed by atoms with van der Waals surface area (Å²) in [5.74, 6) is -0.438. The first-order chi connectivity index (χ1) is 8.04. The van der Waals surface area contributed by atoms with Crippen molar-refractivity contribution in [1.82, 2.24) is 4.98 Å². The van der Waals surface area contributed by atoms with Crippen LogP contribution in [0, 0.1) is 11.3 Å². The molecule has 0 saturated carbocycles. The minimum absolute atomic E-state index is 0.0731. The van der Waals surface area contributed by atoms with Crippen molar-refractivity contribution in [2.75, 3.05) is 5.32 Å². The predicted octanol–water partition coefficient (Wildman–Crippen LogP) is 2.27. The Kier molecular flexibility index (Phi) is 4.73. The molecule has 1 unspecified atom stereocenters. The van der Waals surface area contributed by atoms with E-state index >= 15 is 0 Å². The molecule has 0 saturated heterocycles. The highest BCUT2D eigenvalue weighted by Crippen LogP contribution is 2.23. The maximum absolute atomic E-state index is 10.4. The molecule has 1 aromatic heterocycles. The van der Waals surface area contributed by atoms with Crippen molar-refractivity contribution < 1.29 is 9.90 Å². The molecule has 0 bridgehead atoms. The van der Waals surface area contributed by atoms with E-state index in [1.807, 2.05) is 13.0 Å². The molecule has 1 heterocycles. The summed E-state index contributed by atoms with van der Waals surface area (Å²) >= 11 is 5.95. The average Bonchev–Trinajstić information content (AvgIpc) is 2.29. The van der Waals surface area contributed by atoms with Crippen molar-refractivity contribution >= 4 is 23.4 Å². The van der Waals surface area contributed by atoms with Gasteiger partial charge in [0.2, 0.25) is 0 Å². The van der Waals surface area contributed by atoms with Crippen molar-refractivity contribution in [3.8, 4) is 6.07 Å². The van der Waals surface area contributed by atoms with Crippen LogP contribution in [0.1, 0.15) is 25.3 Å². The van der Waals surface area contributed by atoms with E-state index in [2.05, 4.69) is 10.3 Å². The topological polar surface area (TPSA) is 86.0 Å². The van der Waals surface area contributed by atoms with E-state index < -0.39 is 5.97 Å². The fraction of sp³-hybridized carbons (Fsp3) is 0.364. The molecule has 0 radical (unpaired) electrons. The van der Waals surface area contributed by atoms with Crippen molar-refractivity contribution in [1.29, 1.82) is 5.26 Å². The number of halogens is 1. The maximum atomic E-state index is 10.4. The molecule has 5 nitrogen and oxygen atoms in total. The van der Waals surface area contributed by atoms with E-state index in [1.54, 1.807) is 0 Å². The first-order valence-corrected chi connectivity index (χ1v) is 5.45. The molecule has 1 aromatic rings. The standard InChI is InChI=1S/C11H12ClN3O2/c1-7(2-3-9(16)17)15-11-10(12)8(6-13)4-5-14-11/h4-5,7H,2-3H2,1H3,(H,14,15)(H,16,17). The van der Waals surface area contributed by atoms with E-state index in [4.69, 9.17) is 22.0 Å². The zero-order valence-electron chi connectivity index (χ0n) is 9.27. The quantitative estimate of drug-likeness (QED) is 0.841. The lowest BCUT2D eigenvalue weighted by Crippen LogP contribution is -2.17. The van der Waals surface area contributed by atoms with Crippen LogP contribution in [-0.4, -0.2) is 22.1 Å². The van der Waals surface area contributed by atoms with Crippen LogP contribution in [0.5, 0.6) is 0 Å². The highest BCUT2D eigenvalue weighted by atomic mass is 35.5. The Bertz CT molecular complexity index is 457. The summed E-state index contributed by atoms with van der Waals surface area (Å²) in [7, 11) is 0. The first-order valence-electron chi connectivity index (χ1n) is 5.07. The predicted molar refractivity (Wildman–Crippen MR) is 63.9 cm³/mol. The number of carboxylic acids is 1. The zero-order valence-corrected chi connectivity index (χ0v) is 10.0. The summed E-state index contributed by atoms with van der Waals surface area (Å²) in [6.07, 6.45) is 2.02. The molecule has 0 spiro atoms. The Morgan fingerprint density at radius 1 is 1.76 bits per heavy atom. The molecule has 17 heavy (non-hydrogen) atoms. The smallest absolute Gasteiger partial charge is 0.303 e. The summed E-state index contributed by atoms with van der Waals surface area (Å²) in [5.41, 5.74) is 0.342. The SMILES string of the molecule is CC(CCC(=O)O)Nc1nccc(C#N)c1Cl. The van der Waals surface area contributed by atoms with E-state index in [0.717, 1.165) is 0 Å². The summed E-state index contributed by atoms with van der Waals surface area (Å²) in [5, 5.41) is 20.6. The number of nitrogens with one attached hydrogen (secondary N) is 1. The summed E-state index contributed by atoms with van der Waals surface area (Å²) < 4.78 is 0. The van der Waals surface area contributed by atoms with Gasteiger partial charge in [-0.2, -0.15) is 5.26 Å². The van der Waals surface area contributed by atoms with Crippen LogP contribution >= 0.6 is 11.6 Å². The molecular weight excluding hydrogens is 242 g/mol. The Hall–Kier alpha value is -1.80. The lowest BCUT2D eigenvalue weighted by atomic mass is 10.2. The van der Waals surface area contributed by atoms with Crippen molar-refractivity contribution in [2.45, 2.75) is 25.8 Å². The number of nitrogens with zero attached hydrogens (tertiary/aromatic N) is 2. The fourth-order valence-corrected chi connectivity index (χ4v) is 1.48. The van der Waals surface area contributed by atoms with Crippen molar-refractivity contribution in [3.63, 3.8) is 0 Å². The van der Waals surface area contributed by atoms with Crippen LogP contribution in [0.15, 0.2) is 12.3 Å². The fourth-order valence-electron chi connectivity index (χ4n) is 1.28. The third-order valence-corrected chi connectivity index (χ3v) is 2.57. The molecular formula is C11H12ClN3O2. The lowest BCUT2D eigenvalue weighted by Gasteiger charge is -2.14. The average molecular weight is 254 g/mol. The molecule has 6 heteroatoms. The van der Waals surface area contributed by atoms with E-state index in [-0.39, 0.29) is 17.5 Å². The highest BCUT2D eigenvalue weighted by Gasteiger charge is 2.11. The van der Waals surface area contributed by atoms with Crippen LogP contribution in [0.4, 0.5) is 5.82 Å². The number of hydrogen-bond donors (Lipinski definition) is 2. The van der Waals surface area contributed by atoms with Crippen LogP contribution in [0.2, 0.25) is 5.02 Å². The van der Waals surface area contributed by atoms with Gasteiger partial charge in [-0.25, -0.2) is 4.98 Å². The number of carbonyl (C=O) groups is 1. The largest absolute Gasteiger partial charge is 0.481 e. The number of nitriles is 1. The lowest BCUT2D eigenvalue weighted by molar-refractivity contribution is -0.137. The third-order valence-electron chi connectivity index (χ3n) is 2.18. The number of rotatable bonds is 5. The molecule has 0 aliphatic heterocycles. The van der Waals surface area contributed by atoms with Gasteiger partial charge in [0, 0.05) is 18.7 Å². The first kappa shape index (κ1) is 13.3.